The number of nitrogens with one attached hydrogen (secondary N) is 2. The van der Waals surface area contributed by atoms with Gasteiger partial charge in [-0.2, -0.15) is 0 Å². The quantitative estimate of drug-likeness (QED) is 0.632. The van der Waals surface area contributed by atoms with Crippen LogP contribution in [0.1, 0.15) is 18.1 Å². The molecule has 4 rings (SSSR count). The molecule has 1 aromatic heterocycles. The molecule has 0 radical (unpaired) electrons. The van der Waals surface area contributed by atoms with E-state index < -0.39 is 0 Å². The highest BCUT2D eigenvalue weighted by Gasteiger charge is 2.18. The zero-order chi connectivity index (χ0) is 19.3. The summed E-state index contributed by atoms with van der Waals surface area (Å²) in [6.07, 6.45) is 4.07. The monoisotopic (exact) mass is 374 g/mol. The molecule has 2 aromatic carbocycles. The van der Waals surface area contributed by atoms with E-state index in [1.165, 1.54) is 5.56 Å². The van der Waals surface area contributed by atoms with Crippen LogP contribution in [0.2, 0.25) is 0 Å². The van der Waals surface area contributed by atoms with E-state index in [1.807, 2.05) is 60.6 Å². The summed E-state index contributed by atoms with van der Waals surface area (Å²) in [4.78, 5) is 19.4. The predicted octanol–water partition coefficient (Wildman–Crippen LogP) is 4.29. The molecule has 2 N–H and O–H groups in total. The smallest absolute Gasteiger partial charge is 0.310 e. The minimum absolute atomic E-state index is 0.209. The number of esters is 1. The van der Waals surface area contributed by atoms with Gasteiger partial charge in [-0.15, -0.1) is 0 Å². The van der Waals surface area contributed by atoms with Gasteiger partial charge in [0.15, 0.2) is 0 Å². The Bertz CT molecular complexity index is 978. The van der Waals surface area contributed by atoms with Gasteiger partial charge in [-0.25, -0.2) is 4.99 Å². The second kappa shape index (κ2) is 8.00. The Morgan fingerprint density at radius 1 is 1.18 bits per heavy atom. The average molecular weight is 374 g/mol. The van der Waals surface area contributed by atoms with E-state index in [4.69, 9.17) is 4.74 Å². The van der Waals surface area contributed by atoms with Crippen LogP contribution in [0.5, 0.6) is 0 Å². The first kappa shape index (κ1) is 17.9. The van der Waals surface area contributed by atoms with Crippen LogP contribution in [-0.2, 0) is 22.5 Å². The summed E-state index contributed by atoms with van der Waals surface area (Å²) in [5.74, 6) is 0.682. The summed E-state index contributed by atoms with van der Waals surface area (Å²) in [6, 6.07) is 18.0. The Morgan fingerprint density at radius 3 is 2.71 bits per heavy atom. The number of hydrazine groups is 1. The van der Waals surface area contributed by atoms with Crippen molar-refractivity contribution in [2.75, 3.05) is 12.0 Å². The molecule has 0 saturated carbocycles. The topological polar surface area (TPSA) is 69.7 Å². The van der Waals surface area contributed by atoms with E-state index in [1.54, 1.807) is 6.34 Å². The van der Waals surface area contributed by atoms with Crippen LogP contribution in [0.3, 0.4) is 0 Å². The Balaban J connectivity index is 1.44. The molecule has 0 spiro atoms. The van der Waals surface area contributed by atoms with Crippen LogP contribution in [0, 0.1) is 0 Å². The first-order chi connectivity index (χ1) is 13.7. The number of benzene rings is 2. The van der Waals surface area contributed by atoms with Gasteiger partial charge < -0.3 is 9.72 Å². The van der Waals surface area contributed by atoms with Crippen molar-refractivity contribution < 1.29 is 9.53 Å². The SMILES string of the molecule is CCOC(=O)Cc1ccc(NN2C=Nc3[nH]cc(-c4ccccc4)c3C2)cc1. The molecular weight excluding hydrogens is 352 g/mol. The fourth-order valence-electron chi connectivity index (χ4n) is 3.24. The van der Waals surface area contributed by atoms with E-state index in [0.717, 1.165) is 28.2 Å². The average Bonchev–Trinajstić information content (AvgIpc) is 3.14. The molecule has 6 nitrogen and oxygen atoms in total. The van der Waals surface area contributed by atoms with Crippen LogP contribution in [0.4, 0.5) is 11.5 Å². The number of nitrogens with zero attached hydrogens (tertiary/aromatic N) is 2. The summed E-state index contributed by atoms with van der Waals surface area (Å²) in [5.41, 5.74) is 8.68. The van der Waals surface area contributed by atoms with Gasteiger partial charge in [0.1, 0.15) is 12.2 Å². The molecule has 0 bridgehead atoms. The molecule has 142 valence electrons. The minimum Gasteiger partial charge on any atom is -0.466 e. The standard InChI is InChI=1S/C22H22N4O2/c1-2-28-21(27)12-16-8-10-18(11-9-16)25-26-14-20-19(13-23-22(20)24-15-26)17-6-4-3-5-7-17/h3-11,13,15,23,25H,2,12,14H2,1H3. The first-order valence-corrected chi connectivity index (χ1v) is 9.30. The number of aromatic nitrogens is 1. The lowest BCUT2D eigenvalue weighted by Gasteiger charge is -2.25. The normalized spacial score (nSPS) is 12.5. The predicted molar refractivity (Wildman–Crippen MR) is 110 cm³/mol. The van der Waals surface area contributed by atoms with Crippen molar-refractivity contribution in [3.8, 4) is 11.1 Å². The third kappa shape index (κ3) is 3.91. The largest absolute Gasteiger partial charge is 0.466 e. The number of aromatic amines is 1. The molecule has 1 aliphatic heterocycles. The highest BCUT2D eigenvalue weighted by molar-refractivity contribution is 5.77. The van der Waals surface area contributed by atoms with Crippen LogP contribution in [-0.4, -0.2) is 28.9 Å². The molecule has 0 saturated heterocycles. The van der Waals surface area contributed by atoms with Crippen molar-refractivity contribution in [1.82, 2.24) is 9.99 Å². The minimum atomic E-state index is -0.209. The van der Waals surface area contributed by atoms with Gasteiger partial charge >= 0.3 is 5.97 Å². The fourth-order valence-corrected chi connectivity index (χ4v) is 3.24. The lowest BCUT2D eigenvalue weighted by molar-refractivity contribution is -0.142. The van der Waals surface area contributed by atoms with Gasteiger partial charge in [-0.1, -0.05) is 42.5 Å². The molecule has 28 heavy (non-hydrogen) atoms. The number of carbonyl (C=O) groups is 1. The van der Waals surface area contributed by atoms with Gasteiger partial charge in [0.25, 0.3) is 0 Å². The number of hydrogen-bond donors (Lipinski definition) is 2. The zero-order valence-corrected chi connectivity index (χ0v) is 15.7. The number of rotatable bonds is 6. The molecular formula is C22H22N4O2. The molecule has 0 amide bonds. The number of aliphatic imine (C=N–C) groups is 1. The van der Waals surface area contributed by atoms with E-state index in [2.05, 4.69) is 27.5 Å². The number of fused-ring (bicyclic) bond motifs is 1. The molecule has 1 aliphatic rings. The van der Waals surface area contributed by atoms with Crippen molar-refractivity contribution in [3.05, 3.63) is 71.9 Å². The van der Waals surface area contributed by atoms with Crippen LogP contribution in [0.25, 0.3) is 11.1 Å². The van der Waals surface area contributed by atoms with Crippen molar-refractivity contribution in [2.45, 2.75) is 19.9 Å². The Morgan fingerprint density at radius 2 is 1.96 bits per heavy atom. The third-order valence-corrected chi connectivity index (χ3v) is 4.58. The molecule has 0 fully saturated rings. The maximum absolute atomic E-state index is 11.6. The molecule has 6 heteroatoms. The number of anilines is 1. The maximum atomic E-state index is 11.6. The van der Waals surface area contributed by atoms with Crippen molar-refractivity contribution in [3.63, 3.8) is 0 Å². The fraction of sp³-hybridized carbons (Fsp3) is 0.182. The van der Waals surface area contributed by atoms with E-state index in [0.29, 0.717) is 13.2 Å². The van der Waals surface area contributed by atoms with Crippen LogP contribution < -0.4 is 5.43 Å². The van der Waals surface area contributed by atoms with Crippen LogP contribution >= 0.6 is 0 Å². The van der Waals surface area contributed by atoms with Gasteiger partial charge in [0.05, 0.1) is 25.3 Å². The Labute approximate surface area is 163 Å². The van der Waals surface area contributed by atoms with Gasteiger partial charge in [-0.3, -0.25) is 15.2 Å². The summed E-state index contributed by atoms with van der Waals surface area (Å²) in [5, 5.41) is 1.95. The van der Waals surface area contributed by atoms with Gasteiger partial charge in [-0.05, 0) is 30.2 Å². The number of hydrogen-bond acceptors (Lipinski definition) is 5. The highest BCUT2D eigenvalue weighted by Crippen LogP contribution is 2.33. The van der Waals surface area contributed by atoms with Crippen molar-refractivity contribution in [2.24, 2.45) is 4.99 Å². The molecule has 0 atom stereocenters. The van der Waals surface area contributed by atoms with E-state index >= 15 is 0 Å². The zero-order valence-electron chi connectivity index (χ0n) is 15.7. The van der Waals surface area contributed by atoms with Crippen LogP contribution in [0.15, 0.2) is 65.8 Å². The summed E-state index contributed by atoms with van der Waals surface area (Å²) in [6.45, 7) is 2.90. The molecule has 0 aliphatic carbocycles. The molecule has 3 aromatic rings. The Hall–Kier alpha value is -3.54. The van der Waals surface area contributed by atoms with Gasteiger partial charge in [0.2, 0.25) is 0 Å². The summed E-state index contributed by atoms with van der Waals surface area (Å²) >= 11 is 0. The van der Waals surface area contributed by atoms with Crippen molar-refractivity contribution in [1.29, 1.82) is 0 Å². The second-order valence-corrected chi connectivity index (χ2v) is 6.56. The van der Waals surface area contributed by atoms with Crippen molar-refractivity contribution >= 4 is 23.8 Å². The number of carbonyl (C=O) groups excluding carboxylic acids is 1. The lowest BCUT2D eigenvalue weighted by atomic mass is 10.0. The Kier molecular flexibility index (Phi) is 5.10. The third-order valence-electron chi connectivity index (χ3n) is 4.58. The summed E-state index contributed by atoms with van der Waals surface area (Å²) in [7, 11) is 0. The van der Waals surface area contributed by atoms with Gasteiger partial charge in [0, 0.05) is 17.3 Å². The number of H-pyrrole nitrogens is 1. The lowest BCUT2D eigenvalue weighted by Crippen LogP contribution is -2.29. The molecule has 2 heterocycles. The second-order valence-electron chi connectivity index (χ2n) is 6.56. The van der Waals surface area contributed by atoms with E-state index in [-0.39, 0.29) is 12.4 Å². The maximum Gasteiger partial charge on any atom is 0.310 e. The number of ether oxygens (including phenoxy) is 1. The van der Waals surface area contributed by atoms with E-state index in [9.17, 15) is 4.79 Å². The first-order valence-electron chi connectivity index (χ1n) is 9.30. The highest BCUT2D eigenvalue weighted by atomic mass is 16.5. The molecule has 0 unspecified atom stereocenters. The summed E-state index contributed by atoms with van der Waals surface area (Å²) < 4.78 is 4.99.